The number of hydrogen-bond acceptors (Lipinski definition) is 5. The van der Waals surface area contributed by atoms with Gasteiger partial charge in [0.15, 0.2) is 9.84 Å². The minimum atomic E-state index is -3.17. The van der Waals surface area contributed by atoms with Gasteiger partial charge < -0.3 is 14.8 Å². The van der Waals surface area contributed by atoms with E-state index in [-0.39, 0.29) is 29.4 Å². The quantitative estimate of drug-likeness (QED) is 0.749. The van der Waals surface area contributed by atoms with E-state index in [1.54, 1.807) is 18.2 Å². The van der Waals surface area contributed by atoms with E-state index in [9.17, 15) is 13.2 Å². The maximum absolute atomic E-state index is 12.2. The molecule has 1 heterocycles. The van der Waals surface area contributed by atoms with Gasteiger partial charge in [0.2, 0.25) is 5.91 Å². The highest BCUT2D eigenvalue weighted by Gasteiger charge is 2.28. The number of nitrogens with one attached hydrogen (secondary N) is 1. The van der Waals surface area contributed by atoms with Crippen molar-refractivity contribution in [2.45, 2.75) is 56.3 Å². The van der Waals surface area contributed by atoms with Crippen LogP contribution in [-0.2, 0) is 19.4 Å². The summed E-state index contributed by atoms with van der Waals surface area (Å²) in [5.41, 5.74) is 0.609. The van der Waals surface area contributed by atoms with Crippen molar-refractivity contribution in [2.75, 3.05) is 24.3 Å². The molecule has 1 aliphatic heterocycles. The van der Waals surface area contributed by atoms with Crippen molar-refractivity contribution in [1.29, 1.82) is 0 Å². The van der Waals surface area contributed by atoms with Gasteiger partial charge in [0, 0.05) is 24.8 Å². The van der Waals surface area contributed by atoms with Gasteiger partial charge in [0.25, 0.3) is 0 Å². The van der Waals surface area contributed by atoms with Crippen LogP contribution in [0.4, 0.5) is 5.69 Å². The van der Waals surface area contributed by atoms with Gasteiger partial charge in [-0.25, -0.2) is 8.42 Å². The zero-order valence-electron chi connectivity index (χ0n) is 15.0. The fraction of sp³-hybridized carbons (Fsp3) is 0.632. The first-order chi connectivity index (χ1) is 12.5. The molecule has 1 atom stereocenters. The summed E-state index contributed by atoms with van der Waals surface area (Å²) in [5, 5.41) is 2.50. The van der Waals surface area contributed by atoms with Crippen LogP contribution in [0.5, 0.6) is 5.75 Å². The Balaban J connectivity index is 1.46. The molecule has 1 amide bonds. The molecule has 0 spiro atoms. The fourth-order valence-electron chi connectivity index (χ4n) is 3.50. The van der Waals surface area contributed by atoms with Crippen LogP contribution in [0.25, 0.3) is 0 Å². The summed E-state index contributed by atoms with van der Waals surface area (Å²) in [6, 6.07) is 7.14. The normalized spacial score (nSPS) is 21.0. The molecule has 1 saturated heterocycles. The van der Waals surface area contributed by atoms with Gasteiger partial charge in [0.05, 0.1) is 17.1 Å². The summed E-state index contributed by atoms with van der Waals surface area (Å²) in [5.74, 6) is 0.290. The van der Waals surface area contributed by atoms with Gasteiger partial charge in [-0.3, -0.25) is 4.79 Å². The van der Waals surface area contributed by atoms with Crippen molar-refractivity contribution in [3.63, 3.8) is 0 Å². The predicted molar refractivity (Wildman–Crippen MR) is 100 cm³/mol. The molecule has 0 unspecified atom stereocenters. The van der Waals surface area contributed by atoms with Crippen molar-refractivity contribution >= 4 is 21.4 Å². The molecule has 2 fully saturated rings. The monoisotopic (exact) mass is 381 g/mol. The lowest BCUT2D eigenvalue weighted by Gasteiger charge is -2.13. The lowest BCUT2D eigenvalue weighted by molar-refractivity contribution is -0.115. The van der Waals surface area contributed by atoms with Crippen molar-refractivity contribution in [3.8, 4) is 5.75 Å². The molecule has 1 saturated carbocycles. The van der Waals surface area contributed by atoms with Crippen LogP contribution in [0.15, 0.2) is 24.3 Å². The number of carbonyl (C=O) groups excluding carboxylic acids is 1. The fourth-order valence-corrected chi connectivity index (χ4v) is 5.36. The Morgan fingerprint density at radius 3 is 2.73 bits per heavy atom. The minimum Gasteiger partial charge on any atom is -0.491 e. The molecule has 26 heavy (non-hydrogen) atoms. The van der Waals surface area contributed by atoms with Crippen LogP contribution in [0.1, 0.15) is 44.9 Å². The molecule has 0 bridgehead atoms. The zero-order chi connectivity index (χ0) is 18.4. The third-order valence-electron chi connectivity index (χ3n) is 5.00. The van der Waals surface area contributed by atoms with E-state index < -0.39 is 9.84 Å². The molecule has 1 aliphatic carbocycles. The Morgan fingerprint density at radius 2 is 2.00 bits per heavy atom. The van der Waals surface area contributed by atoms with Crippen LogP contribution >= 0.6 is 0 Å². The molecule has 3 rings (SSSR count). The van der Waals surface area contributed by atoms with Gasteiger partial charge in [-0.1, -0.05) is 18.9 Å². The van der Waals surface area contributed by atoms with E-state index in [0.29, 0.717) is 18.0 Å². The van der Waals surface area contributed by atoms with Crippen LogP contribution in [-0.4, -0.2) is 44.6 Å². The molecule has 0 radical (unpaired) electrons. The molecule has 1 aromatic rings. The lowest BCUT2D eigenvalue weighted by Crippen LogP contribution is -2.24. The van der Waals surface area contributed by atoms with E-state index in [2.05, 4.69) is 5.32 Å². The standard InChI is InChI=1S/C19H27NO5S/c21-19(10-12-26(22,23)18-8-1-2-9-18)20-15-5-3-6-16(13-15)25-14-17-7-4-11-24-17/h3,5-6,13,17-18H,1-2,4,7-12,14H2,(H,20,21)/t17-/m1/s1. The second-order valence-electron chi connectivity index (χ2n) is 7.05. The van der Waals surface area contributed by atoms with Gasteiger partial charge in [0.1, 0.15) is 12.4 Å². The zero-order valence-corrected chi connectivity index (χ0v) is 15.8. The highest BCUT2D eigenvalue weighted by molar-refractivity contribution is 7.92. The highest BCUT2D eigenvalue weighted by Crippen LogP contribution is 2.25. The Hall–Kier alpha value is -1.60. The van der Waals surface area contributed by atoms with E-state index in [0.717, 1.165) is 45.1 Å². The van der Waals surface area contributed by atoms with Gasteiger partial charge >= 0.3 is 0 Å². The van der Waals surface area contributed by atoms with E-state index in [1.807, 2.05) is 6.07 Å². The maximum atomic E-state index is 12.2. The first-order valence-corrected chi connectivity index (χ1v) is 11.1. The highest BCUT2D eigenvalue weighted by atomic mass is 32.2. The third-order valence-corrected chi connectivity index (χ3v) is 7.26. The molecule has 2 aliphatic rings. The number of benzene rings is 1. The summed E-state index contributed by atoms with van der Waals surface area (Å²) >= 11 is 0. The van der Waals surface area contributed by atoms with Crippen LogP contribution < -0.4 is 10.1 Å². The van der Waals surface area contributed by atoms with Gasteiger partial charge in [-0.2, -0.15) is 0 Å². The number of ether oxygens (including phenoxy) is 2. The summed E-state index contributed by atoms with van der Waals surface area (Å²) < 4.78 is 35.7. The van der Waals surface area contributed by atoms with E-state index >= 15 is 0 Å². The van der Waals surface area contributed by atoms with Crippen molar-refractivity contribution < 1.29 is 22.7 Å². The number of rotatable bonds is 8. The van der Waals surface area contributed by atoms with Gasteiger partial charge in [-0.05, 0) is 37.8 Å². The largest absolute Gasteiger partial charge is 0.491 e. The SMILES string of the molecule is O=C(CCS(=O)(=O)C1CCCC1)Nc1cccc(OC[C@H]2CCCO2)c1. The number of hydrogen-bond donors (Lipinski definition) is 1. The number of anilines is 1. The lowest BCUT2D eigenvalue weighted by atomic mass is 10.2. The molecule has 144 valence electrons. The second-order valence-corrected chi connectivity index (χ2v) is 9.45. The van der Waals surface area contributed by atoms with Crippen molar-refractivity contribution in [2.24, 2.45) is 0 Å². The molecule has 7 heteroatoms. The smallest absolute Gasteiger partial charge is 0.225 e. The first kappa shape index (κ1) is 19.2. The van der Waals surface area contributed by atoms with Gasteiger partial charge in [-0.15, -0.1) is 0 Å². The average Bonchev–Trinajstić information content (AvgIpc) is 3.32. The average molecular weight is 381 g/mol. The summed E-state index contributed by atoms with van der Waals surface area (Å²) in [7, 11) is -3.17. The number of carbonyl (C=O) groups is 1. The minimum absolute atomic E-state index is 0.0141. The molecular weight excluding hydrogens is 354 g/mol. The third kappa shape index (κ3) is 5.45. The topological polar surface area (TPSA) is 81.7 Å². The predicted octanol–water partition coefficient (Wildman–Crippen LogP) is 2.93. The van der Waals surface area contributed by atoms with E-state index in [4.69, 9.17) is 9.47 Å². The molecule has 1 N–H and O–H groups in total. The Morgan fingerprint density at radius 1 is 1.19 bits per heavy atom. The molecule has 0 aromatic heterocycles. The van der Waals surface area contributed by atoms with Crippen molar-refractivity contribution in [3.05, 3.63) is 24.3 Å². The summed E-state index contributed by atoms with van der Waals surface area (Å²) in [6.45, 7) is 1.28. The van der Waals surface area contributed by atoms with Crippen LogP contribution in [0, 0.1) is 0 Å². The summed E-state index contributed by atoms with van der Waals surface area (Å²) in [4.78, 5) is 12.1. The summed E-state index contributed by atoms with van der Waals surface area (Å²) in [6.07, 6.45) is 5.58. The van der Waals surface area contributed by atoms with Crippen LogP contribution in [0.3, 0.4) is 0 Å². The van der Waals surface area contributed by atoms with Crippen LogP contribution in [0.2, 0.25) is 0 Å². The second kappa shape index (κ2) is 8.86. The Kier molecular flexibility index (Phi) is 6.53. The maximum Gasteiger partial charge on any atom is 0.225 e. The first-order valence-electron chi connectivity index (χ1n) is 9.39. The number of sulfone groups is 1. The van der Waals surface area contributed by atoms with Crippen molar-refractivity contribution in [1.82, 2.24) is 0 Å². The Bertz CT molecular complexity index is 706. The van der Waals surface area contributed by atoms with E-state index in [1.165, 1.54) is 0 Å². The Labute approximate surface area is 155 Å². The molecule has 6 nitrogen and oxygen atoms in total. The molecular formula is C19H27NO5S. The molecule has 1 aromatic carbocycles. The number of amides is 1.